The number of hydrogen-bond donors (Lipinski definition) is 1. The van der Waals surface area contributed by atoms with E-state index in [0.29, 0.717) is 5.95 Å². The molecule has 0 radical (unpaired) electrons. The molecule has 0 aliphatic carbocycles. The van der Waals surface area contributed by atoms with Gasteiger partial charge in [0.25, 0.3) is 0 Å². The van der Waals surface area contributed by atoms with E-state index in [-0.39, 0.29) is 6.04 Å². The minimum Gasteiger partial charge on any atom is -0.367 e. The average Bonchev–Trinajstić information content (AvgIpc) is 2.75. The van der Waals surface area contributed by atoms with Crippen LogP contribution in [0.1, 0.15) is 18.5 Å². The van der Waals surface area contributed by atoms with Crippen LogP contribution in [0.4, 0.5) is 11.1 Å². The van der Waals surface area contributed by atoms with Crippen LogP contribution in [-0.4, -0.2) is 16.4 Å². The third kappa shape index (κ3) is 2.68. The molecule has 6 heteroatoms. The Bertz CT molecular complexity index is 496. The van der Waals surface area contributed by atoms with Gasteiger partial charge in [-0.25, -0.2) is 0 Å². The summed E-state index contributed by atoms with van der Waals surface area (Å²) < 4.78 is 3.97. The van der Waals surface area contributed by atoms with Crippen LogP contribution in [0, 0.1) is 0 Å². The van der Waals surface area contributed by atoms with Crippen LogP contribution in [0.3, 0.4) is 0 Å². The number of anilines is 2. The molecule has 0 saturated heterocycles. The first-order valence-corrected chi connectivity index (χ1v) is 6.30. The SMILES string of the molecule is CC(c1ccc(Cl)cc1)N(C)c1nc(N)ns1. The highest BCUT2D eigenvalue weighted by molar-refractivity contribution is 7.09. The molecule has 0 bridgehead atoms. The molecule has 0 aliphatic rings. The highest BCUT2D eigenvalue weighted by atomic mass is 35.5. The van der Waals surface area contributed by atoms with Gasteiger partial charge in [-0.1, -0.05) is 23.7 Å². The van der Waals surface area contributed by atoms with Crippen LogP contribution in [0.25, 0.3) is 0 Å². The predicted molar refractivity (Wildman–Crippen MR) is 72.6 cm³/mol. The van der Waals surface area contributed by atoms with E-state index in [1.807, 2.05) is 36.2 Å². The Morgan fingerprint density at radius 3 is 2.53 bits per heavy atom. The van der Waals surface area contributed by atoms with Crippen LogP contribution in [0.2, 0.25) is 5.02 Å². The van der Waals surface area contributed by atoms with E-state index >= 15 is 0 Å². The molecule has 0 spiro atoms. The monoisotopic (exact) mass is 268 g/mol. The fraction of sp³-hybridized carbons (Fsp3) is 0.273. The molecule has 4 nitrogen and oxygen atoms in total. The minimum absolute atomic E-state index is 0.194. The second-order valence-electron chi connectivity index (χ2n) is 3.77. The number of hydrogen-bond acceptors (Lipinski definition) is 5. The Morgan fingerprint density at radius 2 is 2.00 bits per heavy atom. The molecule has 1 unspecified atom stereocenters. The summed E-state index contributed by atoms with van der Waals surface area (Å²) in [5.41, 5.74) is 6.69. The smallest absolute Gasteiger partial charge is 0.233 e. The van der Waals surface area contributed by atoms with Gasteiger partial charge in [0.1, 0.15) is 0 Å². The van der Waals surface area contributed by atoms with Crippen molar-refractivity contribution in [2.75, 3.05) is 17.7 Å². The molecule has 1 aromatic heterocycles. The van der Waals surface area contributed by atoms with Gasteiger partial charge < -0.3 is 10.6 Å². The zero-order valence-electron chi connectivity index (χ0n) is 9.59. The van der Waals surface area contributed by atoms with Crippen molar-refractivity contribution in [3.8, 4) is 0 Å². The Labute approximate surface area is 109 Å². The van der Waals surface area contributed by atoms with Crippen molar-refractivity contribution in [3.05, 3.63) is 34.9 Å². The summed E-state index contributed by atoms with van der Waals surface area (Å²) in [5.74, 6) is 0.320. The van der Waals surface area contributed by atoms with E-state index in [9.17, 15) is 0 Å². The number of nitrogens with zero attached hydrogens (tertiary/aromatic N) is 3. The molecular formula is C11H13ClN4S. The largest absolute Gasteiger partial charge is 0.367 e. The van der Waals surface area contributed by atoms with E-state index in [1.165, 1.54) is 17.1 Å². The Kier molecular flexibility index (Phi) is 3.49. The summed E-state index contributed by atoms with van der Waals surface area (Å²) in [5, 5.41) is 1.55. The average molecular weight is 269 g/mol. The molecule has 17 heavy (non-hydrogen) atoms. The summed E-state index contributed by atoms with van der Waals surface area (Å²) in [4.78, 5) is 6.20. The van der Waals surface area contributed by atoms with Crippen LogP contribution in [0.15, 0.2) is 24.3 Å². The maximum Gasteiger partial charge on any atom is 0.233 e. The van der Waals surface area contributed by atoms with Crippen molar-refractivity contribution in [3.63, 3.8) is 0 Å². The summed E-state index contributed by atoms with van der Waals surface area (Å²) >= 11 is 7.16. The summed E-state index contributed by atoms with van der Waals surface area (Å²) in [6.45, 7) is 2.10. The molecule has 0 aliphatic heterocycles. The van der Waals surface area contributed by atoms with Crippen molar-refractivity contribution in [1.29, 1.82) is 0 Å². The molecule has 0 amide bonds. The molecule has 2 rings (SSSR count). The van der Waals surface area contributed by atoms with Gasteiger partial charge in [-0.15, -0.1) is 0 Å². The van der Waals surface area contributed by atoms with Crippen molar-refractivity contribution in [2.45, 2.75) is 13.0 Å². The van der Waals surface area contributed by atoms with Crippen LogP contribution < -0.4 is 10.6 Å². The first-order valence-electron chi connectivity index (χ1n) is 5.15. The highest BCUT2D eigenvalue weighted by Crippen LogP contribution is 2.27. The van der Waals surface area contributed by atoms with Crippen molar-refractivity contribution in [2.24, 2.45) is 0 Å². The molecule has 1 aromatic carbocycles. The van der Waals surface area contributed by atoms with Gasteiger partial charge in [0.15, 0.2) is 0 Å². The lowest BCUT2D eigenvalue weighted by Gasteiger charge is -2.24. The van der Waals surface area contributed by atoms with Gasteiger partial charge in [-0.3, -0.25) is 0 Å². The molecule has 1 atom stereocenters. The normalized spacial score (nSPS) is 12.4. The quantitative estimate of drug-likeness (QED) is 0.930. The molecular weight excluding hydrogens is 256 g/mol. The van der Waals surface area contributed by atoms with Crippen molar-refractivity contribution < 1.29 is 0 Å². The third-order valence-corrected chi connectivity index (χ3v) is 3.74. The van der Waals surface area contributed by atoms with Gasteiger partial charge in [-0.05, 0) is 24.6 Å². The molecule has 0 saturated carbocycles. The first kappa shape index (κ1) is 12.1. The van der Waals surface area contributed by atoms with Gasteiger partial charge in [-0.2, -0.15) is 9.36 Å². The van der Waals surface area contributed by atoms with E-state index in [1.54, 1.807) is 0 Å². The van der Waals surface area contributed by atoms with Crippen molar-refractivity contribution in [1.82, 2.24) is 9.36 Å². The van der Waals surface area contributed by atoms with Crippen LogP contribution in [0.5, 0.6) is 0 Å². The number of benzene rings is 1. The van der Waals surface area contributed by atoms with E-state index in [0.717, 1.165) is 10.2 Å². The number of nitrogens with two attached hydrogens (primary N) is 1. The fourth-order valence-electron chi connectivity index (χ4n) is 1.50. The maximum atomic E-state index is 5.87. The third-order valence-electron chi connectivity index (χ3n) is 2.67. The van der Waals surface area contributed by atoms with Gasteiger partial charge in [0, 0.05) is 23.6 Å². The van der Waals surface area contributed by atoms with Crippen molar-refractivity contribution >= 4 is 34.2 Å². The lowest BCUT2D eigenvalue weighted by molar-refractivity contribution is 0.737. The Morgan fingerprint density at radius 1 is 1.35 bits per heavy atom. The molecule has 2 N–H and O–H groups in total. The van der Waals surface area contributed by atoms with Crippen LogP contribution >= 0.6 is 23.1 Å². The predicted octanol–water partition coefficient (Wildman–Crippen LogP) is 2.97. The molecule has 0 fully saturated rings. The second-order valence-corrected chi connectivity index (χ2v) is 4.94. The minimum atomic E-state index is 0.194. The zero-order valence-corrected chi connectivity index (χ0v) is 11.2. The van der Waals surface area contributed by atoms with E-state index < -0.39 is 0 Å². The Hall–Kier alpha value is -1.33. The first-order chi connectivity index (χ1) is 8.08. The summed E-state index contributed by atoms with van der Waals surface area (Å²) in [7, 11) is 1.97. The number of aromatic nitrogens is 2. The summed E-state index contributed by atoms with van der Waals surface area (Å²) in [6, 6.07) is 7.98. The van der Waals surface area contributed by atoms with E-state index in [4.69, 9.17) is 17.3 Å². The lowest BCUT2D eigenvalue weighted by Crippen LogP contribution is -2.21. The zero-order chi connectivity index (χ0) is 12.4. The topological polar surface area (TPSA) is 55.0 Å². The summed E-state index contributed by atoms with van der Waals surface area (Å²) in [6.07, 6.45) is 0. The van der Waals surface area contributed by atoms with E-state index in [2.05, 4.69) is 16.3 Å². The number of halogens is 1. The fourth-order valence-corrected chi connectivity index (χ4v) is 2.26. The Balaban J connectivity index is 2.19. The van der Waals surface area contributed by atoms with Gasteiger partial charge in [0.05, 0.1) is 6.04 Å². The number of nitrogen functional groups attached to an aromatic ring is 1. The van der Waals surface area contributed by atoms with Crippen LogP contribution in [-0.2, 0) is 0 Å². The highest BCUT2D eigenvalue weighted by Gasteiger charge is 2.15. The standard InChI is InChI=1S/C11H13ClN4S/c1-7(8-3-5-9(12)6-4-8)16(2)11-14-10(13)15-17-11/h3-7H,1-2H3,(H2,13,15). The molecule has 90 valence electrons. The lowest BCUT2D eigenvalue weighted by atomic mass is 10.1. The maximum absolute atomic E-state index is 5.87. The van der Waals surface area contributed by atoms with Gasteiger partial charge in [0.2, 0.25) is 11.1 Å². The molecule has 1 heterocycles. The second kappa shape index (κ2) is 4.89. The van der Waals surface area contributed by atoms with Gasteiger partial charge >= 0.3 is 0 Å². The number of rotatable bonds is 3. The molecule has 2 aromatic rings.